The van der Waals surface area contributed by atoms with E-state index in [1.54, 1.807) is 36.4 Å². The van der Waals surface area contributed by atoms with Crippen molar-refractivity contribution in [2.24, 2.45) is 5.73 Å². The summed E-state index contributed by atoms with van der Waals surface area (Å²) in [6.07, 6.45) is 0. The van der Waals surface area contributed by atoms with Crippen LogP contribution in [0.25, 0.3) is 0 Å². The quantitative estimate of drug-likeness (QED) is 0.715. The number of amides is 2. The molecule has 130 valence electrons. The van der Waals surface area contributed by atoms with Gasteiger partial charge >= 0.3 is 0 Å². The number of benzene rings is 3. The molecule has 0 spiro atoms. The molecule has 0 aromatic heterocycles. The molecule has 3 aromatic rings. The maximum Gasteiger partial charge on any atom is 0.256 e. The van der Waals surface area contributed by atoms with Crippen LogP contribution in [0.2, 0.25) is 0 Å². The van der Waals surface area contributed by atoms with Gasteiger partial charge < -0.3 is 15.8 Å². The Labute approximate surface area is 151 Å². The van der Waals surface area contributed by atoms with Crippen LogP contribution in [0.1, 0.15) is 26.3 Å². The number of carbonyl (C=O) groups excluding carboxylic acids is 2. The summed E-state index contributed by atoms with van der Waals surface area (Å²) in [6.45, 7) is 0.286. The molecular weight excluding hydrogens is 328 g/mol. The van der Waals surface area contributed by atoms with Gasteiger partial charge in [0, 0.05) is 22.4 Å². The zero-order chi connectivity index (χ0) is 18.4. The summed E-state index contributed by atoms with van der Waals surface area (Å²) in [5.41, 5.74) is 7.50. The van der Waals surface area contributed by atoms with Gasteiger partial charge in [-0.05, 0) is 42.5 Å². The first-order chi connectivity index (χ1) is 12.6. The van der Waals surface area contributed by atoms with E-state index in [1.807, 2.05) is 42.5 Å². The fourth-order valence-electron chi connectivity index (χ4n) is 2.46. The summed E-state index contributed by atoms with van der Waals surface area (Å²) in [6, 6.07) is 23.1. The molecule has 3 aromatic carbocycles. The van der Waals surface area contributed by atoms with Gasteiger partial charge in [0.2, 0.25) is 5.91 Å². The van der Waals surface area contributed by atoms with E-state index in [9.17, 15) is 9.59 Å². The van der Waals surface area contributed by atoms with Crippen LogP contribution < -0.4 is 15.8 Å². The first-order valence-corrected chi connectivity index (χ1v) is 8.10. The van der Waals surface area contributed by atoms with Crippen molar-refractivity contribution in [2.45, 2.75) is 6.61 Å². The van der Waals surface area contributed by atoms with Gasteiger partial charge in [0.1, 0.15) is 12.4 Å². The van der Waals surface area contributed by atoms with Crippen LogP contribution >= 0.6 is 0 Å². The van der Waals surface area contributed by atoms with Crippen LogP contribution in [0.3, 0.4) is 0 Å². The predicted octanol–water partition coefficient (Wildman–Crippen LogP) is 3.62. The van der Waals surface area contributed by atoms with Gasteiger partial charge in [-0.25, -0.2) is 0 Å². The average molecular weight is 346 g/mol. The lowest BCUT2D eigenvalue weighted by atomic mass is 10.1. The Balaban J connectivity index is 1.72. The molecule has 0 saturated carbocycles. The largest absolute Gasteiger partial charge is 0.489 e. The number of para-hydroxylation sites is 1. The lowest BCUT2D eigenvalue weighted by Crippen LogP contribution is -2.15. The fraction of sp³-hybridized carbons (Fsp3) is 0.0476. The number of anilines is 1. The first kappa shape index (κ1) is 17.2. The molecule has 0 aliphatic heterocycles. The number of ether oxygens (including phenoxy) is 1. The average Bonchev–Trinajstić information content (AvgIpc) is 2.68. The third-order valence-electron chi connectivity index (χ3n) is 3.83. The van der Waals surface area contributed by atoms with E-state index < -0.39 is 5.91 Å². The van der Waals surface area contributed by atoms with E-state index in [0.717, 1.165) is 11.3 Å². The molecule has 5 heteroatoms. The van der Waals surface area contributed by atoms with Crippen molar-refractivity contribution >= 4 is 17.5 Å². The molecule has 0 fully saturated rings. The van der Waals surface area contributed by atoms with E-state index in [4.69, 9.17) is 10.5 Å². The van der Waals surface area contributed by atoms with Gasteiger partial charge in [-0.2, -0.15) is 0 Å². The number of nitrogens with two attached hydrogens (primary N) is 1. The van der Waals surface area contributed by atoms with Crippen LogP contribution in [-0.4, -0.2) is 11.8 Å². The van der Waals surface area contributed by atoms with Gasteiger partial charge in [0.05, 0.1) is 0 Å². The summed E-state index contributed by atoms with van der Waals surface area (Å²) in [5, 5.41) is 2.82. The molecule has 0 atom stereocenters. The van der Waals surface area contributed by atoms with E-state index in [-0.39, 0.29) is 12.5 Å². The zero-order valence-corrected chi connectivity index (χ0v) is 14.0. The maximum absolute atomic E-state index is 12.6. The Kier molecular flexibility index (Phi) is 5.29. The maximum atomic E-state index is 12.6. The van der Waals surface area contributed by atoms with Crippen molar-refractivity contribution in [1.82, 2.24) is 0 Å². The van der Waals surface area contributed by atoms with Crippen molar-refractivity contribution in [2.75, 3.05) is 5.32 Å². The molecule has 3 N–H and O–H groups in total. The van der Waals surface area contributed by atoms with Crippen molar-refractivity contribution < 1.29 is 14.3 Å². The molecule has 0 bridgehead atoms. The highest BCUT2D eigenvalue weighted by Crippen LogP contribution is 2.17. The van der Waals surface area contributed by atoms with Crippen LogP contribution in [0.5, 0.6) is 5.75 Å². The highest BCUT2D eigenvalue weighted by molar-refractivity contribution is 6.05. The van der Waals surface area contributed by atoms with Crippen LogP contribution in [0.15, 0.2) is 78.9 Å². The molecule has 3 rings (SSSR count). The van der Waals surface area contributed by atoms with Gasteiger partial charge in [0.15, 0.2) is 0 Å². The summed E-state index contributed by atoms with van der Waals surface area (Å²) in [4.78, 5) is 23.7. The predicted molar refractivity (Wildman–Crippen MR) is 100 cm³/mol. The minimum Gasteiger partial charge on any atom is -0.489 e. The highest BCUT2D eigenvalue weighted by atomic mass is 16.5. The Morgan fingerprint density at radius 1 is 0.846 bits per heavy atom. The minimum absolute atomic E-state index is 0.246. The molecule has 0 unspecified atom stereocenters. The number of hydrogen-bond donors (Lipinski definition) is 2. The molecule has 0 radical (unpaired) electrons. The minimum atomic E-state index is -0.508. The second kappa shape index (κ2) is 7.98. The zero-order valence-electron chi connectivity index (χ0n) is 14.0. The molecular formula is C21H18N2O3. The molecule has 0 heterocycles. The Bertz CT molecular complexity index is 906. The summed E-state index contributed by atoms with van der Waals surface area (Å²) >= 11 is 0. The standard InChI is InChI=1S/C21H18N2O3/c22-20(24)15-10-12-17(13-11-15)23-21(25)19-9-5-4-6-16(19)14-26-18-7-2-1-3-8-18/h1-13H,14H2,(H2,22,24)(H,23,25). The lowest BCUT2D eigenvalue weighted by Gasteiger charge is -2.11. The number of rotatable bonds is 6. The summed E-state index contributed by atoms with van der Waals surface area (Å²) < 4.78 is 5.74. The van der Waals surface area contributed by atoms with E-state index >= 15 is 0 Å². The molecule has 0 aliphatic rings. The number of hydrogen-bond acceptors (Lipinski definition) is 3. The van der Waals surface area contributed by atoms with Crippen LogP contribution in [-0.2, 0) is 6.61 Å². The molecule has 26 heavy (non-hydrogen) atoms. The van der Waals surface area contributed by atoms with Gasteiger partial charge in [0.25, 0.3) is 5.91 Å². The van der Waals surface area contributed by atoms with Crippen molar-refractivity contribution in [1.29, 1.82) is 0 Å². The second-order valence-electron chi connectivity index (χ2n) is 5.65. The third-order valence-corrected chi connectivity index (χ3v) is 3.83. The number of nitrogens with one attached hydrogen (secondary N) is 1. The Morgan fingerprint density at radius 2 is 1.50 bits per heavy atom. The van der Waals surface area contributed by atoms with Crippen molar-refractivity contribution in [3.63, 3.8) is 0 Å². The number of primary amides is 1. The Hall–Kier alpha value is -3.60. The van der Waals surface area contributed by atoms with Gasteiger partial charge in [-0.15, -0.1) is 0 Å². The van der Waals surface area contributed by atoms with E-state index in [2.05, 4.69) is 5.32 Å². The third kappa shape index (κ3) is 4.27. The normalized spacial score (nSPS) is 10.2. The molecule has 0 saturated heterocycles. The van der Waals surface area contributed by atoms with Gasteiger partial charge in [-0.3, -0.25) is 9.59 Å². The van der Waals surface area contributed by atoms with Crippen LogP contribution in [0.4, 0.5) is 5.69 Å². The van der Waals surface area contributed by atoms with Crippen LogP contribution in [0, 0.1) is 0 Å². The lowest BCUT2D eigenvalue weighted by molar-refractivity contribution is 0.0998. The first-order valence-electron chi connectivity index (χ1n) is 8.10. The monoisotopic (exact) mass is 346 g/mol. The van der Waals surface area contributed by atoms with E-state index in [0.29, 0.717) is 16.8 Å². The SMILES string of the molecule is NC(=O)c1ccc(NC(=O)c2ccccc2COc2ccccc2)cc1. The highest BCUT2D eigenvalue weighted by Gasteiger charge is 2.12. The number of carbonyl (C=O) groups is 2. The molecule has 5 nitrogen and oxygen atoms in total. The summed E-state index contributed by atoms with van der Waals surface area (Å²) in [5.74, 6) is -0.0138. The van der Waals surface area contributed by atoms with Crippen molar-refractivity contribution in [3.8, 4) is 5.75 Å². The van der Waals surface area contributed by atoms with Crippen molar-refractivity contribution in [3.05, 3.63) is 95.6 Å². The van der Waals surface area contributed by atoms with E-state index in [1.165, 1.54) is 0 Å². The Morgan fingerprint density at radius 3 is 2.19 bits per heavy atom. The van der Waals surface area contributed by atoms with Gasteiger partial charge in [-0.1, -0.05) is 36.4 Å². The second-order valence-corrected chi connectivity index (χ2v) is 5.65. The topological polar surface area (TPSA) is 81.4 Å². The summed E-state index contributed by atoms with van der Waals surface area (Å²) in [7, 11) is 0. The molecule has 2 amide bonds. The fourth-order valence-corrected chi connectivity index (χ4v) is 2.46. The molecule has 0 aliphatic carbocycles. The smallest absolute Gasteiger partial charge is 0.256 e.